The van der Waals surface area contributed by atoms with E-state index < -0.39 is 17.2 Å². The van der Waals surface area contributed by atoms with Gasteiger partial charge in [0.2, 0.25) is 0 Å². The lowest BCUT2D eigenvalue weighted by Crippen LogP contribution is -2.31. The summed E-state index contributed by atoms with van der Waals surface area (Å²) in [7, 11) is 3.78. The fraction of sp³-hybridized carbons (Fsp3) is 0.325. The Morgan fingerprint density at radius 3 is 2.40 bits per heavy atom. The molecular weight excluding hydrogens is 636 g/mol. The van der Waals surface area contributed by atoms with Gasteiger partial charge in [-0.3, -0.25) is 19.1 Å². The van der Waals surface area contributed by atoms with Gasteiger partial charge in [-0.05, 0) is 87.3 Å². The van der Waals surface area contributed by atoms with Crippen LogP contribution in [0.25, 0.3) is 10.9 Å². The van der Waals surface area contributed by atoms with Crippen LogP contribution in [0.4, 0.5) is 8.78 Å². The molecule has 5 aromatic rings. The van der Waals surface area contributed by atoms with E-state index in [9.17, 15) is 23.2 Å². The van der Waals surface area contributed by atoms with Gasteiger partial charge in [-0.15, -0.1) is 0 Å². The molecule has 1 saturated heterocycles. The zero-order chi connectivity index (χ0) is 35.4. The Morgan fingerprint density at radius 2 is 1.66 bits per heavy atom. The van der Waals surface area contributed by atoms with E-state index in [1.807, 2.05) is 42.5 Å². The van der Waals surface area contributed by atoms with Gasteiger partial charge >= 0.3 is 0 Å². The van der Waals surface area contributed by atoms with Gasteiger partial charge in [-0.25, -0.2) is 23.4 Å². The van der Waals surface area contributed by atoms with Gasteiger partial charge < -0.3 is 4.90 Å². The van der Waals surface area contributed by atoms with Crippen molar-refractivity contribution in [1.82, 2.24) is 24.2 Å². The molecule has 2 aromatic heterocycles. The molecule has 0 N–H and O–H groups in total. The van der Waals surface area contributed by atoms with Crippen molar-refractivity contribution in [2.45, 2.75) is 52.0 Å². The minimum absolute atomic E-state index is 0.00176. The molecule has 10 heteroatoms. The number of ketones is 2. The largest absolute Gasteiger partial charge is 0.306 e. The maximum absolute atomic E-state index is 13.7. The Labute approximate surface area is 289 Å². The topological polar surface area (TPSA) is 90.1 Å². The highest BCUT2D eigenvalue weighted by Gasteiger charge is 2.22. The summed E-state index contributed by atoms with van der Waals surface area (Å²) in [5.41, 5.74) is 3.83. The fourth-order valence-electron chi connectivity index (χ4n) is 6.41. The molecule has 6 rings (SSSR count). The van der Waals surface area contributed by atoms with Crippen molar-refractivity contribution < 1.29 is 18.4 Å². The van der Waals surface area contributed by atoms with Crippen LogP contribution in [0.15, 0.2) is 71.7 Å². The monoisotopic (exact) mass is 675 g/mol. The first-order valence-electron chi connectivity index (χ1n) is 16.8. The summed E-state index contributed by atoms with van der Waals surface area (Å²) in [5.74, 6) is 5.18. The van der Waals surface area contributed by atoms with Crippen LogP contribution in [0.5, 0.6) is 0 Å². The van der Waals surface area contributed by atoms with Crippen molar-refractivity contribution >= 4 is 22.5 Å². The predicted octanol–water partition coefficient (Wildman–Crippen LogP) is 6.28. The first-order chi connectivity index (χ1) is 24.0. The molecule has 0 unspecified atom stereocenters. The van der Waals surface area contributed by atoms with Crippen molar-refractivity contribution in [2.24, 2.45) is 13.0 Å². The third-order valence-corrected chi connectivity index (χ3v) is 9.54. The minimum atomic E-state index is -0.995. The average Bonchev–Trinajstić information content (AvgIpc) is 3.32. The molecule has 3 aromatic carbocycles. The van der Waals surface area contributed by atoms with E-state index in [-0.39, 0.29) is 36.5 Å². The normalized spacial score (nSPS) is 13.7. The SMILES string of the molecule is Cc1c(C(=O)CCC#Cc2ccc3nc(Cc4ccc(C(=O)CC5CCN(C)CC5)cc4)ncc3c2)c(=O)n(Cc2ccc(F)c(F)c2)n1C. The van der Waals surface area contributed by atoms with Crippen LogP contribution in [0.3, 0.4) is 0 Å². The Kier molecular flexibility index (Phi) is 10.4. The van der Waals surface area contributed by atoms with Crippen molar-refractivity contribution in [3.05, 3.63) is 128 Å². The van der Waals surface area contributed by atoms with Crippen molar-refractivity contribution in [3.63, 3.8) is 0 Å². The molecule has 0 spiro atoms. The van der Waals surface area contributed by atoms with Gasteiger partial charge in [0.15, 0.2) is 23.2 Å². The summed E-state index contributed by atoms with van der Waals surface area (Å²) in [6, 6.07) is 16.9. The lowest BCUT2D eigenvalue weighted by molar-refractivity contribution is 0.0935. The van der Waals surface area contributed by atoms with Crippen LogP contribution < -0.4 is 5.56 Å². The van der Waals surface area contributed by atoms with Crippen LogP contribution in [0.1, 0.15) is 81.0 Å². The maximum atomic E-state index is 13.7. The predicted molar refractivity (Wildman–Crippen MR) is 188 cm³/mol. The number of halogens is 2. The number of likely N-dealkylation sites (tertiary alicyclic amines) is 1. The third kappa shape index (κ3) is 7.95. The Morgan fingerprint density at radius 1 is 0.920 bits per heavy atom. The van der Waals surface area contributed by atoms with E-state index in [0.717, 1.165) is 65.7 Å². The van der Waals surface area contributed by atoms with Crippen molar-refractivity contribution in [3.8, 4) is 11.8 Å². The summed E-state index contributed by atoms with van der Waals surface area (Å²) in [5, 5.41) is 0.841. The highest BCUT2D eigenvalue weighted by molar-refractivity contribution is 5.97. The average molecular weight is 676 g/mol. The van der Waals surface area contributed by atoms with E-state index >= 15 is 0 Å². The number of hydrogen-bond donors (Lipinski definition) is 0. The van der Waals surface area contributed by atoms with Gasteiger partial charge in [-0.2, -0.15) is 0 Å². The second kappa shape index (κ2) is 15.1. The van der Waals surface area contributed by atoms with Gasteiger partial charge in [-0.1, -0.05) is 42.2 Å². The lowest BCUT2D eigenvalue weighted by Gasteiger charge is -2.28. The molecule has 0 radical (unpaired) electrons. The standard InChI is InChI=1S/C40H39F2N5O3/c1-26-39(40(50)47(46(26)3)25-30-10-14-33(41)34(42)21-30)36(48)7-5-4-6-27-11-15-35-32(20-27)24-43-38(44-35)23-28-8-12-31(13-9-28)37(49)22-29-16-18-45(2)19-17-29/h8-15,20-21,24,29H,5,7,16-19,22-23,25H2,1-3H3. The van der Waals surface area contributed by atoms with Gasteiger partial charge in [0, 0.05) is 61.1 Å². The molecule has 3 heterocycles. The minimum Gasteiger partial charge on any atom is -0.306 e. The second-order valence-corrected chi connectivity index (χ2v) is 13.1. The van der Waals surface area contributed by atoms with Gasteiger partial charge in [0.05, 0.1) is 12.1 Å². The second-order valence-electron chi connectivity index (χ2n) is 13.1. The molecule has 256 valence electrons. The van der Waals surface area contributed by atoms with Crippen LogP contribution in [-0.2, 0) is 20.0 Å². The highest BCUT2D eigenvalue weighted by Crippen LogP contribution is 2.22. The molecule has 1 aliphatic rings. The summed E-state index contributed by atoms with van der Waals surface area (Å²) in [6.45, 7) is 3.79. The quantitative estimate of drug-likeness (QED) is 0.128. The van der Waals surface area contributed by atoms with Gasteiger partial charge in [0.25, 0.3) is 5.56 Å². The molecule has 1 fully saturated rings. The van der Waals surface area contributed by atoms with Crippen LogP contribution in [-0.4, -0.2) is 55.9 Å². The third-order valence-electron chi connectivity index (χ3n) is 9.54. The summed E-state index contributed by atoms with van der Waals surface area (Å²) >= 11 is 0. The number of rotatable bonds is 10. The van der Waals surface area contributed by atoms with E-state index in [1.165, 1.54) is 10.7 Å². The van der Waals surface area contributed by atoms with Crippen LogP contribution in [0, 0.1) is 36.3 Å². The number of Topliss-reactive ketones (excluding diaryl/α,β-unsaturated/α-hetero) is 2. The number of carbonyl (C=O) groups excluding carboxylic acids is 2. The van der Waals surface area contributed by atoms with Crippen LogP contribution in [0.2, 0.25) is 0 Å². The van der Waals surface area contributed by atoms with Crippen molar-refractivity contribution in [2.75, 3.05) is 20.1 Å². The molecule has 0 aliphatic carbocycles. The molecule has 0 amide bonds. The maximum Gasteiger partial charge on any atom is 0.278 e. The molecule has 1 aliphatic heterocycles. The Bertz CT molecular complexity index is 2190. The van der Waals surface area contributed by atoms with E-state index in [0.29, 0.717) is 35.8 Å². The molecule has 0 atom stereocenters. The van der Waals surface area contributed by atoms with E-state index in [2.05, 4.69) is 28.8 Å². The lowest BCUT2D eigenvalue weighted by atomic mass is 9.90. The molecule has 0 saturated carbocycles. The first-order valence-corrected chi connectivity index (χ1v) is 16.8. The summed E-state index contributed by atoms with van der Waals surface area (Å²) in [6.07, 6.45) is 5.39. The number of piperidine rings is 1. The number of benzene rings is 3. The smallest absolute Gasteiger partial charge is 0.278 e. The Balaban J connectivity index is 1.04. The first kappa shape index (κ1) is 34.6. The molecule has 50 heavy (non-hydrogen) atoms. The Hall–Kier alpha value is -5.27. The highest BCUT2D eigenvalue weighted by atomic mass is 19.2. The zero-order valence-electron chi connectivity index (χ0n) is 28.5. The number of hydrogen-bond acceptors (Lipinski definition) is 6. The van der Waals surface area contributed by atoms with Crippen molar-refractivity contribution in [1.29, 1.82) is 0 Å². The molecule has 0 bridgehead atoms. The molecular formula is C40H39F2N5O3. The number of aromatic nitrogens is 4. The number of fused-ring (bicyclic) bond motifs is 1. The van der Waals surface area contributed by atoms with Gasteiger partial charge in [0.1, 0.15) is 11.4 Å². The van der Waals surface area contributed by atoms with E-state index in [4.69, 9.17) is 4.98 Å². The fourth-order valence-corrected chi connectivity index (χ4v) is 6.41. The number of carbonyl (C=O) groups is 2. The zero-order valence-corrected chi connectivity index (χ0v) is 28.5. The van der Waals surface area contributed by atoms with E-state index in [1.54, 1.807) is 24.9 Å². The molecule has 8 nitrogen and oxygen atoms in total. The number of nitrogens with zero attached hydrogens (tertiary/aromatic N) is 5. The van der Waals surface area contributed by atoms with Crippen LogP contribution >= 0.6 is 0 Å². The summed E-state index contributed by atoms with van der Waals surface area (Å²) < 4.78 is 29.9. The summed E-state index contributed by atoms with van der Waals surface area (Å²) in [4.78, 5) is 50.6.